The summed E-state index contributed by atoms with van der Waals surface area (Å²) in [6, 6.07) is 0. The Kier molecular flexibility index (Phi) is 8.24. The van der Waals surface area contributed by atoms with Crippen LogP contribution in [-0.4, -0.2) is 124 Å². The summed E-state index contributed by atoms with van der Waals surface area (Å²) in [4.78, 5) is 72.0. The van der Waals surface area contributed by atoms with Crippen molar-refractivity contribution in [2.45, 2.75) is 0 Å². The molecule has 0 bridgehead atoms. The van der Waals surface area contributed by atoms with E-state index < -0.39 is 61.5 Å². The predicted octanol–water partition coefficient (Wildman–Crippen LogP) is -2.46. The second-order valence-corrected chi connectivity index (χ2v) is 8.64. The molecule has 6 nitrogen and oxygen atoms in total. The fraction of sp³-hybridized carbons (Fsp3) is 0. The normalized spacial score (nSPS) is 10.0. The van der Waals surface area contributed by atoms with Crippen molar-refractivity contribution in [2.24, 2.45) is 0 Å². The minimum absolute atomic E-state index is 0.454. The van der Waals surface area contributed by atoms with Crippen LogP contribution in [0.1, 0.15) is 62.1 Å². The molecule has 0 aliphatic rings. The van der Waals surface area contributed by atoms with E-state index in [1.165, 1.54) is 0 Å². The quantitative estimate of drug-likeness (QED) is 0.304. The van der Waals surface area contributed by atoms with Gasteiger partial charge in [0.25, 0.3) is 0 Å². The van der Waals surface area contributed by atoms with Crippen LogP contribution in [0.15, 0.2) is 0 Å². The first kappa shape index (κ1) is 22.4. The van der Waals surface area contributed by atoms with Crippen molar-refractivity contribution in [3.05, 3.63) is 33.4 Å². The molecule has 0 atom stereocenters. The van der Waals surface area contributed by atoms with Gasteiger partial charge in [-0.3, -0.25) is 0 Å². The van der Waals surface area contributed by atoms with Gasteiger partial charge in [-0.1, -0.05) is 0 Å². The Bertz CT molecular complexity index is 645. The molecule has 0 saturated heterocycles. The second kappa shape index (κ2) is 8.83. The SMILES string of the molecule is O=C([Se-])c1c(C(=O)[Se-])c(C(=O)[Se-])c(C(=O)[Se-])c(C(=O)[Se-])c1C(=O)[Se-]. The molecule has 0 amide bonds. The van der Waals surface area contributed by atoms with Gasteiger partial charge in [-0.25, -0.2) is 0 Å². The van der Waals surface area contributed by atoms with E-state index in [1.54, 1.807) is 0 Å². The molecule has 0 saturated carbocycles. The summed E-state index contributed by atoms with van der Waals surface area (Å²) in [6.07, 6.45) is 0. The fourth-order valence-electron chi connectivity index (χ4n) is 1.97. The zero-order valence-corrected chi connectivity index (χ0v) is 21.2. The maximum atomic E-state index is 12.0. The van der Waals surface area contributed by atoms with Gasteiger partial charge in [-0.2, -0.15) is 0 Å². The van der Waals surface area contributed by atoms with E-state index in [-0.39, 0.29) is 0 Å². The van der Waals surface area contributed by atoms with Gasteiger partial charge in [-0.05, 0) is 0 Å². The first-order valence-electron chi connectivity index (χ1n) is 5.45. The molecule has 0 heterocycles. The Balaban J connectivity index is 4.50. The van der Waals surface area contributed by atoms with Crippen LogP contribution < -0.4 is 0 Å². The molecule has 1 aromatic rings. The third-order valence-electron chi connectivity index (χ3n) is 2.72. The Morgan fingerprint density at radius 1 is 0.333 bits per heavy atom. The van der Waals surface area contributed by atoms with Crippen LogP contribution in [0.4, 0.5) is 0 Å². The Morgan fingerprint density at radius 3 is 0.458 bits per heavy atom. The zero-order valence-electron chi connectivity index (χ0n) is 10.9. The molecule has 0 radical (unpaired) electrons. The van der Waals surface area contributed by atoms with Crippen molar-refractivity contribution in [3.63, 3.8) is 0 Å². The topological polar surface area (TPSA) is 102 Å². The summed E-state index contributed by atoms with van der Waals surface area (Å²) >= 11 is 12.7. The van der Waals surface area contributed by atoms with Crippen molar-refractivity contribution in [1.29, 1.82) is 0 Å². The molecule has 126 valence electrons. The molecule has 0 aromatic heterocycles. The third kappa shape index (κ3) is 4.36. The van der Waals surface area contributed by atoms with Crippen molar-refractivity contribution in [2.75, 3.05) is 0 Å². The first-order valence-corrected chi connectivity index (χ1v) is 10.6. The third-order valence-corrected chi connectivity index (χ3v) is 5.29. The summed E-state index contributed by atoms with van der Waals surface area (Å²) in [6.45, 7) is 0. The van der Waals surface area contributed by atoms with Crippen LogP contribution in [0.5, 0.6) is 0 Å². The van der Waals surface area contributed by atoms with Crippen molar-refractivity contribution < 1.29 is 28.8 Å². The molecule has 0 spiro atoms. The predicted molar refractivity (Wildman–Crippen MR) is 86.9 cm³/mol. The van der Waals surface area contributed by atoms with Crippen LogP contribution in [0.2, 0.25) is 0 Å². The molecule has 0 fully saturated rings. The van der Waals surface area contributed by atoms with Gasteiger partial charge in [0, 0.05) is 0 Å². The Hall–Kier alpha value is 0.357. The summed E-state index contributed by atoms with van der Waals surface area (Å²) in [5.41, 5.74) is -2.72. The van der Waals surface area contributed by atoms with Gasteiger partial charge >= 0.3 is 186 Å². The van der Waals surface area contributed by atoms with Crippen molar-refractivity contribution >= 4 is 124 Å². The van der Waals surface area contributed by atoms with Crippen LogP contribution in [0.25, 0.3) is 0 Å². The zero-order chi connectivity index (χ0) is 18.9. The van der Waals surface area contributed by atoms with Crippen LogP contribution >= 0.6 is 0 Å². The molecule has 0 N–H and O–H groups in total. The molecular formula is C12O6Se6-6. The van der Waals surface area contributed by atoms with Gasteiger partial charge < -0.3 is 0 Å². The summed E-state index contributed by atoms with van der Waals surface area (Å²) in [5.74, 6) is 0. The molecule has 0 aliphatic carbocycles. The average molecular weight is 714 g/mol. The molecule has 0 aliphatic heterocycles. The standard InChI is InChI=1S/C12H6O6Se6/c13-7(19)1-2(8(14)20)4(10(16)22)6(12(18)24)5(11(17)23)3(1)9(15)21/h(H,13,19)(H,14,20)(H,15,21)(H,16,22)(H,17,23)(H,18,24)/p-6. The summed E-state index contributed by atoms with van der Waals surface area (Å²) in [7, 11) is 0. The van der Waals surface area contributed by atoms with E-state index in [9.17, 15) is 28.8 Å². The molecule has 12 heteroatoms. The van der Waals surface area contributed by atoms with Crippen LogP contribution in [0.3, 0.4) is 0 Å². The number of hydrogen-bond acceptors (Lipinski definition) is 6. The van der Waals surface area contributed by atoms with Crippen molar-refractivity contribution in [3.8, 4) is 0 Å². The summed E-state index contributed by atoms with van der Waals surface area (Å²) in [5, 5.41) is 0. The van der Waals surface area contributed by atoms with Gasteiger partial charge in [0.2, 0.25) is 0 Å². The Labute approximate surface area is 184 Å². The van der Waals surface area contributed by atoms with Crippen LogP contribution in [0, 0.1) is 0 Å². The first-order chi connectivity index (χ1) is 10.9. The van der Waals surface area contributed by atoms with Gasteiger partial charge in [0.05, 0.1) is 0 Å². The minimum atomic E-state index is -0.837. The number of carbonyl (C=O) groups is 6. The molecular weight excluding hydrogens is 714 g/mol. The monoisotopic (exact) mass is 719 g/mol. The van der Waals surface area contributed by atoms with Gasteiger partial charge in [0.1, 0.15) is 0 Å². The van der Waals surface area contributed by atoms with Crippen LogP contribution in [-0.2, 0) is 0 Å². The van der Waals surface area contributed by atoms with E-state index in [2.05, 4.69) is 96.1 Å². The molecule has 1 rings (SSSR count). The van der Waals surface area contributed by atoms with Crippen molar-refractivity contribution in [1.82, 2.24) is 0 Å². The maximum absolute atomic E-state index is 12.0. The molecule has 0 unspecified atom stereocenters. The molecule has 24 heavy (non-hydrogen) atoms. The number of hydrogen-bond donors (Lipinski definition) is 0. The second-order valence-electron chi connectivity index (χ2n) is 3.97. The average Bonchev–Trinajstić information content (AvgIpc) is 2.42. The van der Waals surface area contributed by atoms with E-state index >= 15 is 0 Å². The van der Waals surface area contributed by atoms with E-state index in [4.69, 9.17) is 0 Å². The fourth-order valence-corrected chi connectivity index (χ4v) is 4.54. The van der Waals surface area contributed by atoms with Gasteiger partial charge in [-0.15, -0.1) is 0 Å². The number of carbonyl (C=O) groups excluding carboxylic acids is 6. The van der Waals surface area contributed by atoms with E-state index in [1.807, 2.05) is 0 Å². The molecule has 1 aromatic carbocycles. The summed E-state index contributed by atoms with van der Waals surface area (Å²) < 4.78 is -5.02. The van der Waals surface area contributed by atoms with E-state index in [0.29, 0.717) is 0 Å². The number of benzene rings is 1. The number of rotatable bonds is 6. The Morgan fingerprint density at radius 2 is 0.417 bits per heavy atom. The van der Waals surface area contributed by atoms with E-state index in [0.717, 1.165) is 0 Å². The van der Waals surface area contributed by atoms with Gasteiger partial charge in [0.15, 0.2) is 0 Å².